The predicted octanol–water partition coefficient (Wildman–Crippen LogP) is 0.226. The molecule has 1 aliphatic heterocycles. The second-order valence-corrected chi connectivity index (χ2v) is 5.21. The Labute approximate surface area is 127 Å². The third-order valence-corrected chi connectivity index (χ3v) is 3.59. The molecule has 0 unspecified atom stereocenters. The summed E-state index contributed by atoms with van der Waals surface area (Å²) < 4.78 is 0. The molecule has 1 aromatic carbocycles. The molecule has 22 heavy (non-hydrogen) atoms. The number of nitro groups is 1. The van der Waals surface area contributed by atoms with E-state index in [4.69, 9.17) is 5.73 Å². The van der Waals surface area contributed by atoms with E-state index < -0.39 is 11.0 Å². The lowest BCUT2D eigenvalue weighted by atomic mass is 10.1. The van der Waals surface area contributed by atoms with Gasteiger partial charge in [0.2, 0.25) is 5.91 Å². The molecule has 1 aromatic rings. The average molecular weight is 306 g/mol. The monoisotopic (exact) mass is 306 g/mol. The number of hydrogen-bond donors (Lipinski definition) is 1. The highest BCUT2D eigenvalue weighted by Crippen LogP contribution is 2.14. The Hall–Kier alpha value is -2.48. The number of hydrogen-bond acceptors (Lipinski definition) is 5. The lowest BCUT2D eigenvalue weighted by Crippen LogP contribution is -2.53. The van der Waals surface area contributed by atoms with Crippen molar-refractivity contribution in [2.45, 2.75) is 13.0 Å². The van der Waals surface area contributed by atoms with E-state index >= 15 is 0 Å². The molecule has 0 radical (unpaired) electrons. The van der Waals surface area contributed by atoms with Gasteiger partial charge in [-0.05, 0) is 19.1 Å². The molecule has 0 saturated carbocycles. The molecule has 1 saturated heterocycles. The molecule has 0 spiro atoms. The average Bonchev–Trinajstić information content (AvgIpc) is 2.53. The first-order chi connectivity index (χ1) is 10.4. The maximum Gasteiger partial charge on any atom is 0.269 e. The number of carbonyl (C=O) groups excluding carboxylic acids is 2. The van der Waals surface area contributed by atoms with Crippen molar-refractivity contribution in [2.24, 2.45) is 5.73 Å². The first-order valence-corrected chi connectivity index (χ1v) is 6.98. The van der Waals surface area contributed by atoms with Gasteiger partial charge in [-0.2, -0.15) is 0 Å². The molecular formula is C14H18N4O4. The van der Waals surface area contributed by atoms with Crippen molar-refractivity contribution < 1.29 is 14.5 Å². The van der Waals surface area contributed by atoms with E-state index in [9.17, 15) is 19.7 Å². The molecule has 8 heteroatoms. The SMILES string of the molecule is C[C@@H](N)C(=O)N1CCN(C(=O)c2ccc([N+](=O)[O-])cc2)CC1. The summed E-state index contributed by atoms with van der Waals surface area (Å²) >= 11 is 0. The summed E-state index contributed by atoms with van der Waals surface area (Å²) in [5, 5.41) is 10.6. The first kappa shape index (κ1) is 15.9. The van der Waals surface area contributed by atoms with E-state index in [1.54, 1.807) is 16.7 Å². The maximum absolute atomic E-state index is 12.3. The van der Waals surface area contributed by atoms with E-state index in [1.807, 2.05) is 0 Å². The fourth-order valence-electron chi connectivity index (χ4n) is 2.33. The summed E-state index contributed by atoms with van der Waals surface area (Å²) in [4.78, 5) is 37.5. The van der Waals surface area contributed by atoms with Gasteiger partial charge in [-0.3, -0.25) is 19.7 Å². The molecule has 1 fully saturated rings. The minimum atomic E-state index is -0.545. The Morgan fingerprint density at radius 2 is 1.64 bits per heavy atom. The van der Waals surface area contributed by atoms with Crippen LogP contribution in [-0.4, -0.2) is 58.8 Å². The van der Waals surface area contributed by atoms with E-state index in [2.05, 4.69) is 0 Å². The summed E-state index contributed by atoms with van der Waals surface area (Å²) in [7, 11) is 0. The lowest BCUT2D eigenvalue weighted by Gasteiger charge is -2.35. The highest BCUT2D eigenvalue weighted by atomic mass is 16.6. The van der Waals surface area contributed by atoms with Gasteiger partial charge in [-0.1, -0.05) is 0 Å². The van der Waals surface area contributed by atoms with Gasteiger partial charge < -0.3 is 15.5 Å². The third kappa shape index (κ3) is 3.40. The van der Waals surface area contributed by atoms with Gasteiger partial charge in [0.05, 0.1) is 11.0 Å². The van der Waals surface area contributed by atoms with Crippen LogP contribution in [0.4, 0.5) is 5.69 Å². The van der Waals surface area contributed by atoms with Crippen LogP contribution < -0.4 is 5.73 Å². The molecule has 2 amide bonds. The number of rotatable bonds is 3. The summed E-state index contributed by atoms with van der Waals surface area (Å²) in [6.07, 6.45) is 0. The van der Waals surface area contributed by atoms with Crippen molar-refractivity contribution in [2.75, 3.05) is 26.2 Å². The van der Waals surface area contributed by atoms with E-state index in [-0.39, 0.29) is 17.5 Å². The molecule has 8 nitrogen and oxygen atoms in total. The minimum Gasteiger partial charge on any atom is -0.338 e. The van der Waals surface area contributed by atoms with Crippen LogP contribution in [-0.2, 0) is 4.79 Å². The van der Waals surface area contributed by atoms with E-state index in [1.165, 1.54) is 24.3 Å². The number of piperazine rings is 1. The zero-order valence-corrected chi connectivity index (χ0v) is 12.3. The van der Waals surface area contributed by atoms with Crippen LogP contribution in [0, 0.1) is 10.1 Å². The quantitative estimate of drug-likeness (QED) is 0.635. The number of amides is 2. The van der Waals surface area contributed by atoms with Gasteiger partial charge in [-0.15, -0.1) is 0 Å². The van der Waals surface area contributed by atoms with Crippen LogP contribution in [0.5, 0.6) is 0 Å². The highest BCUT2D eigenvalue weighted by Gasteiger charge is 2.26. The third-order valence-electron chi connectivity index (χ3n) is 3.59. The smallest absolute Gasteiger partial charge is 0.269 e. The minimum absolute atomic E-state index is 0.0519. The largest absolute Gasteiger partial charge is 0.338 e. The summed E-state index contributed by atoms with van der Waals surface area (Å²) in [5.41, 5.74) is 5.91. The molecule has 0 aliphatic carbocycles. The van der Waals surface area contributed by atoms with Crippen LogP contribution in [0.25, 0.3) is 0 Å². The summed E-state index contributed by atoms with van der Waals surface area (Å²) in [6, 6.07) is 4.96. The number of carbonyl (C=O) groups is 2. The Bertz CT molecular complexity index is 577. The Kier molecular flexibility index (Phi) is 4.71. The van der Waals surface area contributed by atoms with E-state index in [0.29, 0.717) is 31.7 Å². The number of benzene rings is 1. The molecule has 0 aromatic heterocycles. The molecule has 1 atom stereocenters. The predicted molar refractivity (Wildman–Crippen MR) is 79.2 cm³/mol. The fourth-order valence-corrected chi connectivity index (χ4v) is 2.33. The van der Waals surface area contributed by atoms with Gasteiger partial charge >= 0.3 is 0 Å². The van der Waals surface area contributed by atoms with Crippen molar-refractivity contribution in [3.8, 4) is 0 Å². The van der Waals surface area contributed by atoms with Crippen molar-refractivity contribution in [3.63, 3.8) is 0 Å². The number of nitrogens with zero attached hydrogens (tertiary/aromatic N) is 3. The van der Waals surface area contributed by atoms with Crippen molar-refractivity contribution in [1.82, 2.24) is 9.80 Å². The molecule has 0 bridgehead atoms. The maximum atomic E-state index is 12.3. The van der Waals surface area contributed by atoms with Gasteiger partial charge in [0.1, 0.15) is 0 Å². The lowest BCUT2D eigenvalue weighted by molar-refractivity contribution is -0.384. The van der Waals surface area contributed by atoms with E-state index in [0.717, 1.165) is 0 Å². The molecule has 1 aliphatic rings. The topological polar surface area (TPSA) is 110 Å². The molecule has 2 rings (SSSR count). The van der Waals surface area contributed by atoms with Gasteiger partial charge in [0.15, 0.2) is 0 Å². The normalized spacial score (nSPS) is 16.3. The molecule has 2 N–H and O–H groups in total. The second-order valence-electron chi connectivity index (χ2n) is 5.21. The van der Waals surface area contributed by atoms with Crippen LogP contribution in [0.1, 0.15) is 17.3 Å². The molecular weight excluding hydrogens is 288 g/mol. The van der Waals surface area contributed by atoms with Crippen molar-refractivity contribution in [1.29, 1.82) is 0 Å². The van der Waals surface area contributed by atoms with Crippen molar-refractivity contribution in [3.05, 3.63) is 39.9 Å². The number of nitrogens with two attached hydrogens (primary N) is 1. The fraction of sp³-hybridized carbons (Fsp3) is 0.429. The van der Waals surface area contributed by atoms with Gasteiger partial charge in [-0.25, -0.2) is 0 Å². The standard InChI is InChI=1S/C14H18N4O4/c1-10(15)13(19)16-6-8-17(9-7-16)14(20)11-2-4-12(5-3-11)18(21)22/h2-5,10H,6-9,15H2,1H3/t10-/m1/s1. The molecule has 1 heterocycles. The Morgan fingerprint density at radius 1 is 1.14 bits per heavy atom. The summed E-state index contributed by atoms with van der Waals surface area (Å²) in [6.45, 7) is 3.37. The van der Waals surface area contributed by atoms with Gasteiger partial charge in [0, 0.05) is 43.9 Å². The van der Waals surface area contributed by atoms with Crippen molar-refractivity contribution >= 4 is 17.5 Å². The zero-order chi connectivity index (χ0) is 16.3. The van der Waals surface area contributed by atoms with Crippen LogP contribution in [0.15, 0.2) is 24.3 Å². The molecule has 118 valence electrons. The zero-order valence-electron chi connectivity index (χ0n) is 12.3. The van der Waals surface area contributed by atoms with Gasteiger partial charge in [0.25, 0.3) is 11.6 Å². The van der Waals surface area contributed by atoms with Crippen LogP contribution in [0.3, 0.4) is 0 Å². The first-order valence-electron chi connectivity index (χ1n) is 6.98. The highest BCUT2D eigenvalue weighted by molar-refractivity contribution is 5.94. The Balaban J connectivity index is 1.97. The Morgan fingerprint density at radius 3 is 2.09 bits per heavy atom. The second kappa shape index (κ2) is 6.52. The number of non-ortho nitro benzene ring substituents is 1. The van der Waals surface area contributed by atoms with Crippen LogP contribution in [0.2, 0.25) is 0 Å². The van der Waals surface area contributed by atoms with Crippen LogP contribution >= 0.6 is 0 Å². The number of nitro benzene ring substituents is 1. The summed E-state index contributed by atoms with van der Waals surface area (Å²) in [5.74, 6) is -0.315.